The van der Waals surface area contributed by atoms with Gasteiger partial charge < -0.3 is 11.1 Å². The average Bonchev–Trinajstić information content (AvgIpc) is 3.02. The fourth-order valence-electron chi connectivity index (χ4n) is 2.30. The second-order valence-corrected chi connectivity index (χ2v) is 7.91. The molecule has 0 bridgehead atoms. The van der Waals surface area contributed by atoms with Crippen molar-refractivity contribution in [1.29, 1.82) is 0 Å². The molecule has 0 radical (unpaired) electrons. The molecule has 3 rings (SSSR count). The normalized spacial score (nSPS) is 10.5. The number of nitrogens with zero attached hydrogens (tertiary/aromatic N) is 1. The molecule has 132 valence electrons. The second kappa shape index (κ2) is 7.72. The number of benzene rings is 2. The van der Waals surface area contributed by atoms with E-state index in [0.29, 0.717) is 11.1 Å². The summed E-state index contributed by atoms with van der Waals surface area (Å²) in [5, 5.41) is 4.91. The van der Waals surface area contributed by atoms with E-state index in [-0.39, 0.29) is 5.91 Å². The minimum atomic E-state index is -0.517. The molecule has 0 saturated heterocycles. The van der Waals surface area contributed by atoms with Crippen molar-refractivity contribution in [2.24, 2.45) is 5.73 Å². The summed E-state index contributed by atoms with van der Waals surface area (Å²) in [6, 6.07) is 12.1. The molecule has 0 unspecified atom stereocenters. The monoisotopic (exact) mass is 383 g/mol. The van der Waals surface area contributed by atoms with Gasteiger partial charge in [0.25, 0.3) is 5.91 Å². The lowest BCUT2D eigenvalue weighted by atomic mass is 10.1. The van der Waals surface area contributed by atoms with E-state index in [2.05, 4.69) is 10.3 Å². The molecule has 3 aromatic rings. The number of rotatable bonds is 5. The molecule has 7 heteroatoms. The SMILES string of the molecule is Cc1csc(Sc2ccc(NC(=O)c3ccc(C(N)=O)cc3)c(C)c2)n1. The Morgan fingerprint density at radius 1 is 1.08 bits per heavy atom. The molecule has 3 N–H and O–H groups in total. The van der Waals surface area contributed by atoms with Crippen LogP contribution in [0.1, 0.15) is 32.0 Å². The molecule has 0 aliphatic rings. The van der Waals surface area contributed by atoms with Crippen LogP contribution in [0.4, 0.5) is 5.69 Å². The first-order valence-electron chi connectivity index (χ1n) is 7.84. The van der Waals surface area contributed by atoms with Crippen LogP contribution < -0.4 is 11.1 Å². The van der Waals surface area contributed by atoms with Gasteiger partial charge in [-0.1, -0.05) is 11.8 Å². The Morgan fingerprint density at radius 3 is 2.35 bits per heavy atom. The number of amides is 2. The molecule has 1 heterocycles. The number of hydrogen-bond acceptors (Lipinski definition) is 5. The van der Waals surface area contributed by atoms with E-state index >= 15 is 0 Å². The molecule has 0 saturated carbocycles. The quantitative estimate of drug-likeness (QED) is 0.689. The van der Waals surface area contributed by atoms with Crippen molar-refractivity contribution < 1.29 is 9.59 Å². The molecule has 0 fully saturated rings. The zero-order valence-electron chi connectivity index (χ0n) is 14.3. The van der Waals surface area contributed by atoms with E-state index in [0.717, 1.165) is 26.2 Å². The number of primary amides is 1. The van der Waals surface area contributed by atoms with E-state index < -0.39 is 5.91 Å². The lowest BCUT2D eigenvalue weighted by Crippen LogP contribution is -2.14. The van der Waals surface area contributed by atoms with Gasteiger partial charge in [-0.3, -0.25) is 9.59 Å². The molecule has 26 heavy (non-hydrogen) atoms. The van der Waals surface area contributed by atoms with Crippen LogP contribution in [0, 0.1) is 13.8 Å². The zero-order valence-corrected chi connectivity index (χ0v) is 15.9. The number of aryl methyl sites for hydroxylation is 2. The maximum absolute atomic E-state index is 12.4. The highest BCUT2D eigenvalue weighted by molar-refractivity contribution is 8.01. The smallest absolute Gasteiger partial charge is 0.255 e. The highest BCUT2D eigenvalue weighted by atomic mass is 32.2. The molecule has 1 aromatic heterocycles. The van der Waals surface area contributed by atoms with Crippen LogP contribution >= 0.6 is 23.1 Å². The van der Waals surface area contributed by atoms with Gasteiger partial charge in [-0.15, -0.1) is 11.3 Å². The van der Waals surface area contributed by atoms with Gasteiger partial charge in [-0.05, 0) is 61.9 Å². The molecule has 0 atom stereocenters. The van der Waals surface area contributed by atoms with Crippen molar-refractivity contribution in [3.05, 3.63) is 70.2 Å². The number of hydrogen-bond donors (Lipinski definition) is 2. The largest absolute Gasteiger partial charge is 0.366 e. The number of anilines is 1. The minimum absolute atomic E-state index is 0.236. The van der Waals surface area contributed by atoms with Crippen LogP contribution in [0.5, 0.6) is 0 Å². The lowest BCUT2D eigenvalue weighted by molar-refractivity contribution is 0.0995. The molecule has 0 aliphatic carbocycles. The van der Waals surface area contributed by atoms with E-state index in [9.17, 15) is 9.59 Å². The third-order valence-electron chi connectivity index (χ3n) is 3.68. The number of carbonyl (C=O) groups is 2. The molecule has 5 nitrogen and oxygen atoms in total. The van der Waals surface area contributed by atoms with Gasteiger partial charge in [0.2, 0.25) is 5.91 Å². The van der Waals surface area contributed by atoms with Crippen molar-refractivity contribution >= 4 is 40.6 Å². The molecule has 0 aliphatic heterocycles. The summed E-state index contributed by atoms with van der Waals surface area (Å²) in [6.45, 7) is 3.92. The fraction of sp³-hybridized carbons (Fsp3) is 0.105. The lowest BCUT2D eigenvalue weighted by Gasteiger charge is -2.10. The van der Waals surface area contributed by atoms with Crippen molar-refractivity contribution in [3.63, 3.8) is 0 Å². The Morgan fingerprint density at radius 2 is 1.77 bits per heavy atom. The van der Waals surface area contributed by atoms with Crippen molar-refractivity contribution in [2.45, 2.75) is 23.1 Å². The highest BCUT2D eigenvalue weighted by Gasteiger charge is 2.10. The Bertz CT molecular complexity index is 965. The van der Waals surface area contributed by atoms with Crippen LogP contribution in [0.3, 0.4) is 0 Å². The predicted molar refractivity (Wildman–Crippen MR) is 105 cm³/mol. The Balaban J connectivity index is 1.71. The molecule has 2 amide bonds. The van der Waals surface area contributed by atoms with Crippen molar-refractivity contribution in [2.75, 3.05) is 5.32 Å². The number of nitrogens with one attached hydrogen (secondary N) is 1. The van der Waals surface area contributed by atoms with Gasteiger partial charge in [-0.2, -0.15) is 0 Å². The predicted octanol–water partition coefficient (Wildman–Crippen LogP) is 4.26. The van der Waals surface area contributed by atoms with Gasteiger partial charge in [0.15, 0.2) is 4.34 Å². The Hall–Kier alpha value is -2.64. The van der Waals surface area contributed by atoms with Gasteiger partial charge in [0, 0.05) is 32.8 Å². The summed E-state index contributed by atoms with van der Waals surface area (Å²) in [7, 11) is 0. The first kappa shape index (κ1) is 18.2. The summed E-state index contributed by atoms with van der Waals surface area (Å²) in [4.78, 5) is 29.0. The fourth-order valence-corrected chi connectivity index (χ4v) is 4.21. The third kappa shape index (κ3) is 4.30. The van der Waals surface area contributed by atoms with Crippen LogP contribution in [-0.4, -0.2) is 16.8 Å². The van der Waals surface area contributed by atoms with Crippen LogP contribution in [-0.2, 0) is 0 Å². The van der Waals surface area contributed by atoms with E-state index in [1.54, 1.807) is 47.4 Å². The number of nitrogens with two attached hydrogens (primary N) is 1. The van der Waals surface area contributed by atoms with E-state index in [1.807, 2.05) is 37.4 Å². The van der Waals surface area contributed by atoms with Gasteiger partial charge in [0.1, 0.15) is 0 Å². The van der Waals surface area contributed by atoms with Crippen LogP contribution in [0.15, 0.2) is 57.1 Å². The molecule has 2 aromatic carbocycles. The highest BCUT2D eigenvalue weighted by Crippen LogP contribution is 2.32. The number of aromatic nitrogens is 1. The van der Waals surface area contributed by atoms with Crippen molar-refractivity contribution in [3.8, 4) is 0 Å². The molecule has 0 spiro atoms. The topological polar surface area (TPSA) is 85.1 Å². The second-order valence-electron chi connectivity index (χ2n) is 5.73. The van der Waals surface area contributed by atoms with E-state index in [1.165, 1.54) is 0 Å². The number of carbonyl (C=O) groups excluding carboxylic acids is 2. The first-order chi connectivity index (χ1) is 12.4. The summed E-state index contributed by atoms with van der Waals surface area (Å²) in [5.41, 5.74) is 8.77. The Labute approximate surface area is 159 Å². The van der Waals surface area contributed by atoms with Gasteiger partial charge >= 0.3 is 0 Å². The average molecular weight is 383 g/mol. The molecular weight excluding hydrogens is 366 g/mol. The maximum Gasteiger partial charge on any atom is 0.255 e. The number of thiazole rings is 1. The Kier molecular flexibility index (Phi) is 5.39. The standard InChI is InChI=1S/C19H17N3O2S2/c1-11-9-15(26-19-21-12(2)10-25-19)7-8-16(11)22-18(24)14-5-3-13(4-6-14)17(20)23/h3-10H,1-2H3,(H2,20,23)(H,22,24). The van der Waals surface area contributed by atoms with Gasteiger partial charge in [0.05, 0.1) is 0 Å². The molecular formula is C19H17N3O2S2. The summed E-state index contributed by atoms with van der Waals surface area (Å²) < 4.78 is 0.994. The van der Waals surface area contributed by atoms with Crippen LogP contribution in [0.2, 0.25) is 0 Å². The minimum Gasteiger partial charge on any atom is -0.366 e. The van der Waals surface area contributed by atoms with Gasteiger partial charge in [-0.25, -0.2) is 4.98 Å². The van der Waals surface area contributed by atoms with Crippen molar-refractivity contribution in [1.82, 2.24) is 4.98 Å². The first-order valence-corrected chi connectivity index (χ1v) is 9.54. The third-order valence-corrected chi connectivity index (χ3v) is 5.73. The summed E-state index contributed by atoms with van der Waals surface area (Å²) in [5.74, 6) is -0.753. The summed E-state index contributed by atoms with van der Waals surface area (Å²) in [6.07, 6.45) is 0. The van der Waals surface area contributed by atoms with E-state index in [4.69, 9.17) is 5.73 Å². The summed E-state index contributed by atoms with van der Waals surface area (Å²) >= 11 is 3.22. The zero-order chi connectivity index (χ0) is 18.7. The van der Waals surface area contributed by atoms with Crippen LogP contribution in [0.25, 0.3) is 0 Å². The maximum atomic E-state index is 12.4.